The van der Waals surface area contributed by atoms with Gasteiger partial charge in [0.05, 0.1) is 0 Å². The lowest BCUT2D eigenvalue weighted by molar-refractivity contribution is 0.112. The summed E-state index contributed by atoms with van der Waals surface area (Å²) in [6.07, 6.45) is 2.75. The summed E-state index contributed by atoms with van der Waals surface area (Å²) in [7, 11) is 0. The molecule has 0 spiro atoms. The van der Waals surface area contributed by atoms with Gasteiger partial charge in [0, 0.05) is 22.7 Å². The number of hydrogen-bond donors (Lipinski definition) is 1. The third-order valence-electron chi connectivity index (χ3n) is 3.10. The van der Waals surface area contributed by atoms with Gasteiger partial charge in [-0.2, -0.15) is 0 Å². The molecule has 0 saturated carbocycles. The molecule has 3 rings (SSSR count). The normalized spacial score (nSPS) is 10.5. The van der Waals surface area contributed by atoms with E-state index in [1.165, 1.54) is 0 Å². The minimum atomic E-state index is 0.394. The average Bonchev–Trinajstić information content (AvgIpc) is 2.93. The lowest BCUT2D eigenvalue weighted by atomic mass is 10.1. The van der Waals surface area contributed by atoms with Gasteiger partial charge in [-0.25, -0.2) is 0 Å². The van der Waals surface area contributed by atoms with E-state index in [4.69, 9.17) is 4.74 Å². The molecule has 19 heavy (non-hydrogen) atoms. The molecule has 0 atom stereocenters. The first kappa shape index (κ1) is 11.5. The van der Waals surface area contributed by atoms with Gasteiger partial charge in [0.25, 0.3) is 0 Å². The molecule has 0 aliphatic rings. The zero-order chi connectivity index (χ0) is 13.1. The topological polar surface area (TPSA) is 42.1 Å². The largest absolute Gasteiger partial charge is 0.489 e. The fourth-order valence-electron chi connectivity index (χ4n) is 2.06. The van der Waals surface area contributed by atoms with Crippen LogP contribution in [0.15, 0.2) is 54.7 Å². The first-order valence-electron chi connectivity index (χ1n) is 6.10. The van der Waals surface area contributed by atoms with Gasteiger partial charge in [0.2, 0.25) is 0 Å². The lowest BCUT2D eigenvalue weighted by Crippen LogP contribution is -1.99. The van der Waals surface area contributed by atoms with Crippen molar-refractivity contribution in [1.82, 2.24) is 4.98 Å². The summed E-state index contributed by atoms with van der Waals surface area (Å²) in [5.74, 6) is 0.799. The summed E-state index contributed by atoms with van der Waals surface area (Å²) in [5.41, 5.74) is 2.65. The maximum absolute atomic E-state index is 10.9. The van der Waals surface area contributed by atoms with Crippen molar-refractivity contribution in [3.05, 3.63) is 65.9 Å². The molecule has 0 unspecified atom stereocenters. The Hall–Kier alpha value is -2.55. The van der Waals surface area contributed by atoms with Gasteiger partial charge in [-0.1, -0.05) is 24.3 Å². The van der Waals surface area contributed by atoms with Crippen LogP contribution in [-0.2, 0) is 6.61 Å². The molecule has 3 nitrogen and oxygen atoms in total. The van der Waals surface area contributed by atoms with Crippen LogP contribution in [0.4, 0.5) is 0 Å². The number of nitrogens with one attached hydrogen (secondary N) is 1. The van der Waals surface area contributed by atoms with Crippen LogP contribution in [0.1, 0.15) is 15.9 Å². The van der Waals surface area contributed by atoms with Crippen LogP contribution in [0, 0.1) is 0 Å². The van der Waals surface area contributed by atoms with Crippen molar-refractivity contribution in [2.75, 3.05) is 0 Å². The first-order chi connectivity index (χ1) is 9.36. The number of H-pyrrole nitrogens is 1. The number of fused-ring (bicyclic) bond motifs is 1. The summed E-state index contributed by atoms with van der Waals surface area (Å²) in [6, 6.07) is 15.3. The third kappa shape index (κ3) is 2.36. The van der Waals surface area contributed by atoms with Crippen LogP contribution < -0.4 is 4.74 Å². The van der Waals surface area contributed by atoms with Crippen molar-refractivity contribution in [3.63, 3.8) is 0 Å². The van der Waals surface area contributed by atoms with Gasteiger partial charge >= 0.3 is 0 Å². The number of aromatic nitrogens is 1. The van der Waals surface area contributed by atoms with E-state index in [-0.39, 0.29) is 0 Å². The highest BCUT2D eigenvalue weighted by Gasteiger charge is 2.02. The van der Waals surface area contributed by atoms with Crippen LogP contribution in [0.3, 0.4) is 0 Å². The molecule has 0 fully saturated rings. The van der Waals surface area contributed by atoms with Gasteiger partial charge in [-0.05, 0) is 29.8 Å². The summed E-state index contributed by atoms with van der Waals surface area (Å²) < 4.78 is 5.74. The quantitative estimate of drug-likeness (QED) is 0.720. The molecule has 0 amide bonds. The summed E-state index contributed by atoms with van der Waals surface area (Å²) >= 11 is 0. The van der Waals surface area contributed by atoms with Crippen LogP contribution >= 0.6 is 0 Å². The van der Waals surface area contributed by atoms with Gasteiger partial charge in [0.15, 0.2) is 0 Å². The van der Waals surface area contributed by atoms with Crippen molar-refractivity contribution < 1.29 is 9.53 Å². The van der Waals surface area contributed by atoms with Crippen molar-refractivity contribution in [1.29, 1.82) is 0 Å². The molecular weight excluding hydrogens is 238 g/mol. The smallest absolute Gasteiger partial charge is 0.150 e. The van der Waals surface area contributed by atoms with E-state index >= 15 is 0 Å². The van der Waals surface area contributed by atoms with Crippen LogP contribution in [-0.4, -0.2) is 11.3 Å². The molecule has 1 aromatic heterocycles. The Bertz CT molecular complexity index is 715. The summed E-state index contributed by atoms with van der Waals surface area (Å²) in [5, 5.41) is 1.11. The third-order valence-corrected chi connectivity index (χ3v) is 3.10. The Morgan fingerprint density at radius 2 is 2.00 bits per heavy atom. The fourth-order valence-corrected chi connectivity index (χ4v) is 2.06. The Balaban J connectivity index is 1.79. The summed E-state index contributed by atoms with van der Waals surface area (Å²) in [6.45, 7) is 0.394. The Kier molecular flexibility index (Phi) is 3.02. The minimum absolute atomic E-state index is 0.394. The number of benzene rings is 2. The molecule has 2 aromatic carbocycles. The van der Waals surface area contributed by atoms with Crippen molar-refractivity contribution in [3.8, 4) is 5.75 Å². The molecule has 3 aromatic rings. The molecule has 0 aliphatic carbocycles. The Morgan fingerprint density at radius 1 is 1.11 bits per heavy atom. The van der Waals surface area contributed by atoms with E-state index in [0.29, 0.717) is 12.2 Å². The zero-order valence-electron chi connectivity index (χ0n) is 10.3. The number of carbonyl (C=O) groups is 1. The highest BCUT2D eigenvalue weighted by atomic mass is 16.5. The average molecular weight is 251 g/mol. The second-order valence-corrected chi connectivity index (χ2v) is 4.33. The molecule has 0 radical (unpaired) electrons. The minimum Gasteiger partial charge on any atom is -0.489 e. The van der Waals surface area contributed by atoms with Crippen LogP contribution in [0.5, 0.6) is 5.75 Å². The lowest BCUT2D eigenvalue weighted by Gasteiger charge is -2.08. The molecule has 0 saturated heterocycles. The van der Waals surface area contributed by atoms with E-state index in [0.717, 1.165) is 28.5 Å². The monoisotopic (exact) mass is 251 g/mol. The second kappa shape index (κ2) is 4.98. The van der Waals surface area contributed by atoms with Crippen LogP contribution in [0.25, 0.3) is 10.9 Å². The molecule has 0 aliphatic heterocycles. The Labute approximate surface area is 110 Å². The standard InChI is InChI=1S/C16H13NO2/c18-10-13-3-1-2-4-14(13)11-19-15-5-6-16-12(9-15)7-8-17-16/h1-10,17H,11H2. The maximum atomic E-state index is 10.9. The van der Waals surface area contributed by atoms with E-state index in [1.54, 1.807) is 6.07 Å². The number of carbonyl (C=O) groups excluding carboxylic acids is 1. The first-order valence-corrected chi connectivity index (χ1v) is 6.10. The maximum Gasteiger partial charge on any atom is 0.150 e. The van der Waals surface area contributed by atoms with Crippen molar-refractivity contribution >= 4 is 17.2 Å². The molecule has 94 valence electrons. The van der Waals surface area contributed by atoms with E-state index in [2.05, 4.69) is 4.98 Å². The van der Waals surface area contributed by atoms with Crippen molar-refractivity contribution in [2.45, 2.75) is 6.61 Å². The van der Waals surface area contributed by atoms with Gasteiger partial charge < -0.3 is 9.72 Å². The van der Waals surface area contributed by atoms with Gasteiger partial charge in [-0.15, -0.1) is 0 Å². The molecule has 3 heteroatoms. The van der Waals surface area contributed by atoms with E-state index < -0.39 is 0 Å². The predicted octanol–water partition coefficient (Wildman–Crippen LogP) is 3.56. The highest BCUT2D eigenvalue weighted by Crippen LogP contribution is 2.21. The number of hydrogen-bond acceptors (Lipinski definition) is 2. The van der Waals surface area contributed by atoms with Crippen LogP contribution in [0.2, 0.25) is 0 Å². The molecule has 1 N–H and O–H groups in total. The molecule has 1 heterocycles. The second-order valence-electron chi connectivity index (χ2n) is 4.33. The molecule has 0 bridgehead atoms. The number of aldehydes is 1. The zero-order valence-corrected chi connectivity index (χ0v) is 10.3. The predicted molar refractivity (Wildman–Crippen MR) is 74.5 cm³/mol. The van der Waals surface area contributed by atoms with E-state index in [1.807, 2.05) is 48.7 Å². The molecular formula is C16H13NO2. The fraction of sp³-hybridized carbons (Fsp3) is 0.0625. The summed E-state index contributed by atoms with van der Waals surface area (Å²) in [4.78, 5) is 14.1. The number of aromatic amines is 1. The van der Waals surface area contributed by atoms with Gasteiger partial charge in [0.1, 0.15) is 18.6 Å². The van der Waals surface area contributed by atoms with Crippen molar-refractivity contribution in [2.24, 2.45) is 0 Å². The SMILES string of the molecule is O=Cc1ccccc1COc1ccc2[nH]ccc2c1. The highest BCUT2D eigenvalue weighted by molar-refractivity contribution is 5.80. The number of ether oxygens (including phenoxy) is 1. The van der Waals surface area contributed by atoms with E-state index in [9.17, 15) is 4.79 Å². The number of rotatable bonds is 4. The van der Waals surface area contributed by atoms with Gasteiger partial charge in [-0.3, -0.25) is 4.79 Å². The Morgan fingerprint density at radius 3 is 2.89 bits per heavy atom.